The number of aliphatic hydroxyl groups excluding tert-OH is 1. The van der Waals surface area contributed by atoms with E-state index in [1.165, 1.54) is 0 Å². The van der Waals surface area contributed by atoms with Gasteiger partial charge < -0.3 is 9.84 Å². The van der Waals surface area contributed by atoms with E-state index in [-0.39, 0.29) is 0 Å². The Labute approximate surface area is 133 Å². The van der Waals surface area contributed by atoms with E-state index in [1.54, 1.807) is 19.4 Å². The second-order valence-corrected chi connectivity index (χ2v) is 5.52. The van der Waals surface area contributed by atoms with Crippen molar-refractivity contribution < 1.29 is 9.84 Å². The Morgan fingerprint density at radius 3 is 2.67 bits per heavy atom. The van der Waals surface area contributed by atoms with E-state index < -0.39 is 6.10 Å². The van der Waals surface area contributed by atoms with E-state index in [0.29, 0.717) is 12.3 Å². The van der Waals surface area contributed by atoms with Crippen molar-refractivity contribution >= 4 is 15.9 Å². The van der Waals surface area contributed by atoms with Crippen LogP contribution in [0.4, 0.5) is 0 Å². The van der Waals surface area contributed by atoms with Crippen LogP contribution in [0.5, 0.6) is 5.88 Å². The molecule has 0 spiro atoms. The SMILES string of the molecule is CCc1nn(CC)c(CC(O)c2ccc(OC)nc2)c1Br. The molecule has 1 N–H and O–H groups in total. The van der Waals surface area contributed by atoms with Crippen molar-refractivity contribution in [2.75, 3.05) is 7.11 Å². The molecule has 2 aromatic rings. The summed E-state index contributed by atoms with van der Waals surface area (Å²) in [6, 6.07) is 3.58. The van der Waals surface area contributed by atoms with Crippen molar-refractivity contribution in [3.8, 4) is 5.88 Å². The lowest BCUT2D eigenvalue weighted by Gasteiger charge is -2.12. The van der Waals surface area contributed by atoms with Gasteiger partial charge in [-0.3, -0.25) is 4.68 Å². The van der Waals surface area contributed by atoms with Crippen LogP contribution in [0, 0.1) is 0 Å². The van der Waals surface area contributed by atoms with Crippen molar-refractivity contribution in [1.82, 2.24) is 14.8 Å². The summed E-state index contributed by atoms with van der Waals surface area (Å²) in [6.45, 7) is 4.89. The number of aliphatic hydroxyl groups is 1. The topological polar surface area (TPSA) is 60.2 Å². The molecule has 0 saturated heterocycles. The number of aryl methyl sites for hydroxylation is 2. The van der Waals surface area contributed by atoms with Crippen LogP contribution in [0.2, 0.25) is 0 Å². The number of methoxy groups -OCH3 is 1. The van der Waals surface area contributed by atoms with Crippen LogP contribution in [-0.2, 0) is 19.4 Å². The van der Waals surface area contributed by atoms with Crippen molar-refractivity contribution in [2.45, 2.75) is 39.3 Å². The molecule has 114 valence electrons. The minimum absolute atomic E-state index is 0.495. The first-order valence-corrected chi connectivity index (χ1v) is 7.82. The van der Waals surface area contributed by atoms with Crippen molar-refractivity contribution in [3.63, 3.8) is 0 Å². The Balaban J connectivity index is 2.22. The lowest BCUT2D eigenvalue weighted by molar-refractivity contribution is 0.174. The smallest absolute Gasteiger partial charge is 0.212 e. The normalized spacial score (nSPS) is 12.4. The number of rotatable bonds is 6. The van der Waals surface area contributed by atoms with Gasteiger partial charge in [-0.05, 0) is 40.9 Å². The van der Waals surface area contributed by atoms with E-state index in [2.05, 4.69) is 32.9 Å². The Morgan fingerprint density at radius 2 is 2.14 bits per heavy atom. The zero-order chi connectivity index (χ0) is 15.4. The van der Waals surface area contributed by atoms with Gasteiger partial charge in [0.15, 0.2) is 0 Å². The molecule has 0 fully saturated rings. The number of hydrogen-bond donors (Lipinski definition) is 1. The van der Waals surface area contributed by atoms with Crippen LogP contribution in [0.1, 0.15) is 36.9 Å². The molecule has 21 heavy (non-hydrogen) atoms. The largest absolute Gasteiger partial charge is 0.481 e. The standard InChI is InChI=1S/C15H20BrN3O2/c1-4-11-15(16)12(19(5-2)18-11)8-13(20)10-6-7-14(21-3)17-9-10/h6-7,9,13,20H,4-5,8H2,1-3H3. The van der Waals surface area contributed by atoms with Gasteiger partial charge in [-0.25, -0.2) is 4.98 Å². The minimum atomic E-state index is -0.619. The van der Waals surface area contributed by atoms with Crippen LogP contribution in [0.3, 0.4) is 0 Å². The first kappa shape index (κ1) is 16.0. The molecular formula is C15H20BrN3O2. The van der Waals surface area contributed by atoms with Crippen LogP contribution >= 0.6 is 15.9 Å². The molecule has 2 rings (SSSR count). The molecule has 2 heterocycles. The molecule has 0 radical (unpaired) electrons. The summed E-state index contributed by atoms with van der Waals surface area (Å²) >= 11 is 3.60. The zero-order valence-corrected chi connectivity index (χ0v) is 14.1. The van der Waals surface area contributed by atoms with Crippen molar-refractivity contribution in [3.05, 3.63) is 39.8 Å². The number of ether oxygens (including phenoxy) is 1. The Bertz CT molecular complexity index is 596. The predicted molar refractivity (Wildman–Crippen MR) is 84.4 cm³/mol. The van der Waals surface area contributed by atoms with Gasteiger partial charge in [-0.15, -0.1) is 0 Å². The Hall–Kier alpha value is -1.40. The highest BCUT2D eigenvalue weighted by Crippen LogP contribution is 2.27. The first-order chi connectivity index (χ1) is 10.1. The fourth-order valence-corrected chi connectivity index (χ4v) is 2.95. The van der Waals surface area contributed by atoms with Gasteiger partial charge in [0.05, 0.1) is 29.1 Å². The molecule has 0 amide bonds. The maximum Gasteiger partial charge on any atom is 0.212 e. The minimum Gasteiger partial charge on any atom is -0.481 e. The van der Waals surface area contributed by atoms with E-state index in [1.807, 2.05) is 17.7 Å². The molecule has 1 unspecified atom stereocenters. The van der Waals surface area contributed by atoms with E-state index >= 15 is 0 Å². The lowest BCUT2D eigenvalue weighted by Crippen LogP contribution is -2.09. The molecule has 2 aromatic heterocycles. The summed E-state index contributed by atoms with van der Waals surface area (Å²) in [4.78, 5) is 4.13. The predicted octanol–water partition coefficient (Wildman–Crippen LogP) is 2.91. The second kappa shape index (κ2) is 7.04. The summed E-state index contributed by atoms with van der Waals surface area (Å²) in [5, 5.41) is 15.0. The zero-order valence-electron chi connectivity index (χ0n) is 12.5. The highest BCUT2D eigenvalue weighted by atomic mass is 79.9. The summed E-state index contributed by atoms with van der Waals surface area (Å²) in [6.07, 6.45) is 2.38. The summed E-state index contributed by atoms with van der Waals surface area (Å²) in [5.74, 6) is 0.541. The molecule has 0 saturated carbocycles. The average molecular weight is 354 g/mol. The molecular weight excluding hydrogens is 334 g/mol. The Kier molecular flexibility index (Phi) is 5.36. The quantitative estimate of drug-likeness (QED) is 0.867. The van der Waals surface area contributed by atoms with E-state index in [9.17, 15) is 5.11 Å². The first-order valence-electron chi connectivity index (χ1n) is 7.02. The van der Waals surface area contributed by atoms with Gasteiger partial charge in [-0.1, -0.05) is 6.92 Å². The van der Waals surface area contributed by atoms with Gasteiger partial charge in [0.1, 0.15) is 0 Å². The van der Waals surface area contributed by atoms with E-state index in [4.69, 9.17) is 4.74 Å². The maximum absolute atomic E-state index is 10.4. The number of hydrogen-bond acceptors (Lipinski definition) is 4. The molecule has 0 aliphatic carbocycles. The van der Waals surface area contributed by atoms with Crippen LogP contribution in [-0.4, -0.2) is 27.0 Å². The second-order valence-electron chi connectivity index (χ2n) is 4.73. The van der Waals surface area contributed by atoms with Crippen LogP contribution in [0.25, 0.3) is 0 Å². The molecule has 0 bridgehead atoms. The van der Waals surface area contributed by atoms with Gasteiger partial charge in [0.25, 0.3) is 0 Å². The van der Waals surface area contributed by atoms with Gasteiger partial charge >= 0.3 is 0 Å². The highest BCUT2D eigenvalue weighted by molar-refractivity contribution is 9.10. The number of pyridine rings is 1. The van der Waals surface area contributed by atoms with Crippen molar-refractivity contribution in [1.29, 1.82) is 0 Å². The van der Waals surface area contributed by atoms with Gasteiger partial charge in [0, 0.05) is 25.2 Å². The molecule has 0 aromatic carbocycles. The number of nitrogens with zero attached hydrogens (tertiary/aromatic N) is 3. The van der Waals surface area contributed by atoms with Gasteiger partial charge in [-0.2, -0.15) is 5.10 Å². The number of aromatic nitrogens is 3. The number of halogens is 1. The molecule has 6 heteroatoms. The van der Waals surface area contributed by atoms with E-state index in [0.717, 1.165) is 34.4 Å². The van der Waals surface area contributed by atoms with Gasteiger partial charge in [0.2, 0.25) is 5.88 Å². The molecule has 0 aliphatic rings. The monoisotopic (exact) mass is 353 g/mol. The van der Waals surface area contributed by atoms with Crippen molar-refractivity contribution in [2.24, 2.45) is 0 Å². The van der Waals surface area contributed by atoms with Crippen LogP contribution in [0.15, 0.2) is 22.8 Å². The molecule has 1 atom stereocenters. The van der Waals surface area contributed by atoms with Crippen LogP contribution < -0.4 is 4.74 Å². The fourth-order valence-electron chi connectivity index (χ4n) is 2.22. The molecule has 5 nitrogen and oxygen atoms in total. The lowest BCUT2D eigenvalue weighted by atomic mass is 10.1. The fraction of sp³-hybridized carbons (Fsp3) is 0.467. The maximum atomic E-state index is 10.4. The third-order valence-corrected chi connectivity index (χ3v) is 4.35. The summed E-state index contributed by atoms with van der Waals surface area (Å²) in [5.41, 5.74) is 2.80. The third-order valence-electron chi connectivity index (χ3n) is 3.43. The average Bonchev–Trinajstić information content (AvgIpc) is 2.83. The Morgan fingerprint density at radius 1 is 1.38 bits per heavy atom. The highest BCUT2D eigenvalue weighted by Gasteiger charge is 2.18. The summed E-state index contributed by atoms with van der Waals surface area (Å²) in [7, 11) is 1.57. The molecule has 0 aliphatic heterocycles. The third kappa shape index (κ3) is 3.44. The summed E-state index contributed by atoms with van der Waals surface area (Å²) < 4.78 is 7.95.